The lowest BCUT2D eigenvalue weighted by molar-refractivity contribution is -0.148. The topological polar surface area (TPSA) is 119 Å². The Morgan fingerprint density at radius 3 is 2.37 bits per heavy atom. The molecule has 0 spiro atoms. The predicted molar refractivity (Wildman–Crippen MR) is 138 cm³/mol. The third kappa shape index (κ3) is 5.65. The quantitative estimate of drug-likeness (QED) is 0.418. The van der Waals surface area contributed by atoms with Crippen molar-refractivity contribution < 1.29 is 33.4 Å². The number of aromatic hydroxyl groups is 1. The van der Waals surface area contributed by atoms with Gasteiger partial charge in [-0.05, 0) is 50.5 Å². The van der Waals surface area contributed by atoms with Crippen LogP contribution in [-0.2, 0) is 16.0 Å². The lowest BCUT2D eigenvalue weighted by Crippen LogP contribution is -2.57. The molecule has 4 N–H and O–H groups in total. The number of phenolic OH excluding ortho intramolecular Hbond substituents is 1. The number of aliphatic hydroxyl groups is 1. The minimum Gasteiger partial charge on any atom is -0.508 e. The Hall–Kier alpha value is -3.53. The fourth-order valence-electron chi connectivity index (χ4n) is 4.82. The smallest absolute Gasteiger partial charge is 0.272 e. The van der Waals surface area contributed by atoms with Crippen LogP contribution in [0.15, 0.2) is 42.5 Å². The summed E-state index contributed by atoms with van der Waals surface area (Å²) in [7, 11) is 0. The highest BCUT2D eigenvalue weighted by atomic mass is 19.3. The van der Waals surface area contributed by atoms with E-state index in [1.807, 2.05) is 0 Å². The van der Waals surface area contributed by atoms with Crippen LogP contribution in [0.1, 0.15) is 47.8 Å². The number of likely N-dealkylation sites (N-methyl/N-ethyl adjacent to an activating group) is 1. The van der Waals surface area contributed by atoms with Crippen LogP contribution in [0.3, 0.4) is 0 Å². The van der Waals surface area contributed by atoms with Gasteiger partial charge in [0.25, 0.3) is 17.7 Å². The summed E-state index contributed by atoms with van der Waals surface area (Å²) < 4.78 is 30.0. The van der Waals surface area contributed by atoms with Crippen LogP contribution >= 0.6 is 0 Å². The molecule has 1 aliphatic rings. The second-order valence-electron chi connectivity index (χ2n) is 10.4. The van der Waals surface area contributed by atoms with Crippen molar-refractivity contribution in [3.63, 3.8) is 0 Å². The van der Waals surface area contributed by atoms with E-state index in [2.05, 4.69) is 10.6 Å². The highest BCUT2D eigenvalue weighted by Crippen LogP contribution is 2.48. The van der Waals surface area contributed by atoms with E-state index in [0.717, 1.165) is 0 Å². The molecule has 0 bridgehead atoms. The summed E-state index contributed by atoms with van der Waals surface area (Å²) >= 11 is 0. The number of aliphatic hydroxyl groups excluding tert-OH is 1. The molecule has 2 aromatic carbocycles. The lowest BCUT2D eigenvalue weighted by atomic mass is 9.81. The minimum atomic E-state index is -3.40. The molecule has 1 aliphatic heterocycles. The van der Waals surface area contributed by atoms with Gasteiger partial charge in [-0.25, -0.2) is 8.78 Å². The van der Waals surface area contributed by atoms with Crippen molar-refractivity contribution in [2.75, 3.05) is 13.1 Å². The van der Waals surface area contributed by atoms with Crippen LogP contribution in [-0.4, -0.2) is 70.0 Å². The Morgan fingerprint density at radius 1 is 1.13 bits per heavy atom. The summed E-state index contributed by atoms with van der Waals surface area (Å²) in [5.41, 5.74) is -0.129. The number of hydrogen-bond acceptors (Lipinski definition) is 5. The highest BCUT2D eigenvalue weighted by Gasteiger charge is 2.64. The van der Waals surface area contributed by atoms with Gasteiger partial charge in [0.15, 0.2) is 6.10 Å². The maximum absolute atomic E-state index is 15.0. The molecular weight excluding hydrogens is 496 g/mol. The summed E-state index contributed by atoms with van der Waals surface area (Å²) in [6.07, 6.45) is -1.92. The molecule has 3 amide bonds. The van der Waals surface area contributed by atoms with Crippen LogP contribution in [0.5, 0.6) is 5.75 Å². The molecule has 0 aliphatic carbocycles. The third-order valence-electron chi connectivity index (χ3n) is 7.21. The number of nitrogens with one attached hydrogen (secondary N) is 2. The molecule has 10 heteroatoms. The van der Waals surface area contributed by atoms with Crippen molar-refractivity contribution >= 4 is 17.7 Å². The summed E-state index contributed by atoms with van der Waals surface area (Å²) in [4.78, 5) is 40.3. The first kappa shape index (κ1) is 29.0. The van der Waals surface area contributed by atoms with Gasteiger partial charge in [-0.15, -0.1) is 0 Å². The van der Waals surface area contributed by atoms with Crippen molar-refractivity contribution in [1.29, 1.82) is 0 Å². The average molecular weight is 532 g/mol. The van der Waals surface area contributed by atoms with Crippen LogP contribution < -0.4 is 10.6 Å². The largest absolute Gasteiger partial charge is 0.508 e. The van der Waals surface area contributed by atoms with E-state index < -0.39 is 53.8 Å². The normalized spacial score (nSPS) is 19.5. The van der Waals surface area contributed by atoms with Gasteiger partial charge in [-0.2, -0.15) is 0 Å². The summed E-state index contributed by atoms with van der Waals surface area (Å²) in [6, 6.07) is 9.09. The number of carbonyl (C=O) groups is 3. The zero-order valence-electron chi connectivity index (χ0n) is 22.2. The zero-order valence-corrected chi connectivity index (χ0v) is 22.2. The molecule has 1 heterocycles. The summed E-state index contributed by atoms with van der Waals surface area (Å²) in [5, 5.41) is 26.5. The second-order valence-corrected chi connectivity index (χ2v) is 10.4. The molecule has 0 aromatic heterocycles. The summed E-state index contributed by atoms with van der Waals surface area (Å²) in [5.74, 6) is -5.97. The Labute approximate surface area is 221 Å². The van der Waals surface area contributed by atoms with Gasteiger partial charge in [0.2, 0.25) is 5.91 Å². The van der Waals surface area contributed by atoms with Gasteiger partial charge < -0.3 is 25.7 Å². The third-order valence-corrected chi connectivity index (χ3v) is 7.21. The first-order chi connectivity index (χ1) is 17.7. The van der Waals surface area contributed by atoms with E-state index in [1.165, 1.54) is 19.9 Å². The number of amides is 3. The van der Waals surface area contributed by atoms with Gasteiger partial charge in [-0.1, -0.05) is 44.2 Å². The Morgan fingerprint density at radius 2 is 1.76 bits per heavy atom. The number of hydrogen-bond donors (Lipinski definition) is 4. The Bertz CT molecular complexity index is 1200. The number of nitrogens with zero attached hydrogens (tertiary/aromatic N) is 1. The Balaban J connectivity index is 1.96. The van der Waals surface area contributed by atoms with E-state index in [1.54, 1.807) is 57.2 Å². The van der Waals surface area contributed by atoms with Gasteiger partial charge in [0.1, 0.15) is 11.8 Å². The van der Waals surface area contributed by atoms with Crippen LogP contribution in [0.2, 0.25) is 0 Å². The number of aryl methyl sites for hydroxylation is 1. The number of rotatable bonds is 8. The maximum Gasteiger partial charge on any atom is 0.272 e. The fourth-order valence-corrected chi connectivity index (χ4v) is 4.82. The first-order valence-electron chi connectivity index (χ1n) is 12.5. The SMILES string of the molecule is CCNC(=O)[C@H]1N(C(=O)[C@@H](O)C(Cc2ccccc2)NC(=O)c2cc(C)cc(O)c2C)CC(F)(F)C1(C)C. The van der Waals surface area contributed by atoms with E-state index >= 15 is 0 Å². The molecule has 0 saturated carbocycles. The van der Waals surface area contributed by atoms with Crippen LogP contribution in [0.25, 0.3) is 0 Å². The molecule has 1 fully saturated rings. The van der Waals surface area contributed by atoms with Gasteiger partial charge in [0, 0.05) is 17.7 Å². The van der Waals surface area contributed by atoms with Crippen molar-refractivity contribution in [2.45, 2.75) is 65.1 Å². The van der Waals surface area contributed by atoms with E-state index in [-0.39, 0.29) is 24.3 Å². The number of carbonyl (C=O) groups excluding carboxylic acids is 3. The molecule has 38 heavy (non-hydrogen) atoms. The van der Waals surface area contributed by atoms with Crippen molar-refractivity contribution in [1.82, 2.24) is 15.5 Å². The highest BCUT2D eigenvalue weighted by molar-refractivity contribution is 5.97. The van der Waals surface area contributed by atoms with E-state index in [0.29, 0.717) is 21.6 Å². The van der Waals surface area contributed by atoms with Crippen molar-refractivity contribution in [2.24, 2.45) is 5.41 Å². The van der Waals surface area contributed by atoms with Crippen molar-refractivity contribution in [3.8, 4) is 5.75 Å². The number of alkyl halides is 2. The first-order valence-corrected chi connectivity index (χ1v) is 12.5. The van der Waals surface area contributed by atoms with E-state index in [4.69, 9.17) is 0 Å². The number of benzene rings is 2. The van der Waals surface area contributed by atoms with Crippen molar-refractivity contribution in [3.05, 3.63) is 64.7 Å². The fraction of sp³-hybridized carbons (Fsp3) is 0.464. The molecule has 206 valence electrons. The molecule has 0 radical (unpaired) electrons. The standard InChI is InChI=1S/C28H35F2N3O5/c1-6-31-25(37)23-27(4,5)28(29,30)15-33(23)26(38)22(35)20(14-18-10-8-7-9-11-18)32-24(36)19-12-16(2)13-21(34)17(19)3/h7-13,20,22-23,34-35H,6,14-15H2,1-5H3,(H,31,37)(H,32,36)/t20?,22-,23+/m0/s1. The Kier molecular flexibility index (Phi) is 8.45. The monoisotopic (exact) mass is 531 g/mol. The number of likely N-dealkylation sites (tertiary alicyclic amines) is 1. The molecule has 3 atom stereocenters. The van der Waals surface area contributed by atoms with Gasteiger partial charge in [-0.3, -0.25) is 14.4 Å². The molecule has 3 rings (SSSR count). The van der Waals surface area contributed by atoms with Gasteiger partial charge in [0.05, 0.1) is 18.0 Å². The minimum absolute atomic E-state index is 0.00970. The maximum atomic E-state index is 15.0. The van der Waals surface area contributed by atoms with E-state index in [9.17, 15) is 33.4 Å². The second kappa shape index (κ2) is 11.1. The number of halogens is 2. The van der Waals surface area contributed by atoms with Crippen LogP contribution in [0.4, 0.5) is 8.78 Å². The molecule has 1 saturated heterocycles. The van der Waals surface area contributed by atoms with Crippen LogP contribution in [0, 0.1) is 19.3 Å². The zero-order chi connectivity index (χ0) is 28.4. The molecule has 1 unspecified atom stereocenters. The predicted octanol–water partition coefficient (Wildman–Crippen LogP) is 2.72. The summed E-state index contributed by atoms with van der Waals surface area (Å²) in [6.45, 7) is 6.45. The number of phenols is 1. The molecule has 8 nitrogen and oxygen atoms in total. The lowest BCUT2D eigenvalue weighted by Gasteiger charge is -2.34. The average Bonchev–Trinajstić information content (AvgIpc) is 3.04. The van der Waals surface area contributed by atoms with Gasteiger partial charge >= 0.3 is 0 Å². The molecular formula is C28H35F2N3O5. The molecule has 2 aromatic rings.